The van der Waals surface area contributed by atoms with Crippen LogP contribution in [0.1, 0.15) is 27.9 Å². The zero-order valence-corrected chi connectivity index (χ0v) is 14.6. The van der Waals surface area contributed by atoms with E-state index in [1.54, 1.807) is 6.21 Å². The van der Waals surface area contributed by atoms with Crippen LogP contribution in [0.2, 0.25) is 0 Å². The smallest absolute Gasteiger partial charge is 0.350 e. The molecule has 0 aliphatic rings. The molecule has 0 atom stereocenters. The van der Waals surface area contributed by atoms with Crippen molar-refractivity contribution in [3.63, 3.8) is 0 Å². The summed E-state index contributed by atoms with van der Waals surface area (Å²) in [6, 6.07) is 8.14. The summed E-state index contributed by atoms with van der Waals surface area (Å²) in [6.45, 7) is 1.95. The van der Waals surface area contributed by atoms with Gasteiger partial charge >= 0.3 is 5.97 Å². The Balaban J connectivity index is 1.81. The third-order valence-corrected chi connectivity index (χ3v) is 4.68. The van der Waals surface area contributed by atoms with Crippen LogP contribution in [0.25, 0.3) is 10.9 Å². The molecular weight excluding hydrogens is 324 g/mol. The minimum absolute atomic E-state index is 0.365. The number of para-hydroxylation sites is 1. The summed E-state index contributed by atoms with van der Waals surface area (Å²) in [7, 11) is 3.37. The molecule has 2 heterocycles. The van der Waals surface area contributed by atoms with Gasteiger partial charge in [-0.1, -0.05) is 36.5 Å². The Labute approximate surface area is 143 Å². The molecule has 0 saturated heterocycles. The van der Waals surface area contributed by atoms with Gasteiger partial charge in [0.25, 0.3) is 0 Å². The van der Waals surface area contributed by atoms with Crippen LogP contribution in [0.3, 0.4) is 0 Å². The number of aryl methyl sites for hydroxylation is 2. The fourth-order valence-electron chi connectivity index (χ4n) is 2.52. The number of hydrazone groups is 1. The van der Waals surface area contributed by atoms with Gasteiger partial charge in [-0.25, -0.2) is 9.78 Å². The molecule has 1 N–H and O–H groups in total. The van der Waals surface area contributed by atoms with Crippen LogP contribution in [-0.2, 0) is 18.2 Å². The average molecular weight is 342 g/mol. The number of nitrogens with one attached hydrogen (secondary N) is 1. The number of rotatable bonds is 5. The second-order valence-corrected chi connectivity index (χ2v) is 6.22. The fraction of sp³-hybridized carbons (Fsp3) is 0.235. The molecule has 24 heavy (non-hydrogen) atoms. The molecule has 0 radical (unpaired) electrons. The molecule has 2 aromatic heterocycles. The van der Waals surface area contributed by atoms with E-state index < -0.39 is 0 Å². The molecule has 0 unspecified atom stereocenters. The summed E-state index contributed by atoms with van der Waals surface area (Å²) in [6.07, 6.45) is 4.44. The van der Waals surface area contributed by atoms with E-state index in [1.165, 1.54) is 18.4 Å². The van der Waals surface area contributed by atoms with Crippen LogP contribution in [0, 0.1) is 0 Å². The van der Waals surface area contributed by atoms with E-state index in [4.69, 9.17) is 4.74 Å². The number of anilines is 1. The number of carbonyl (C=O) groups is 1. The largest absolute Gasteiger partial charge is 0.465 e. The third kappa shape index (κ3) is 3.03. The SMILES string of the molecule is CCc1nc(N/N=C\c2cn(C)c3ccccc23)sc1C(=O)OC. The first-order chi connectivity index (χ1) is 11.6. The molecule has 6 nitrogen and oxygen atoms in total. The molecule has 3 rings (SSSR count). The molecule has 0 aliphatic heterocycles. The van der Waals surface area contributed by atoms with Gasteiger partial charge in [-0.2, -0.15) is 5.10 Å². The number of nitrogens with zero attached hydrogens (tertiary/aromatic N) is 3. The zero-order valence-electron chi connectivity index (χ0n) is 13.7. The highest BCUT2D eigenvalue weighted by Crippen LogP contribution is 2.24. The number of thiazole rings is 1. The van der Waals surface area contributed by atoms with Gasteiger partial charge in [0, 0.05) is 29.7 Å². The first-order valence-electron chi connectivity index (χ1n) is 7.55. The van der Waals surface area contributed by atoms with Gasteiger partial charge in [0.2, 0.25) is 5.13 Å². The van der Waals surface area contributed by atoms with Crippen LogP contribution >= 0.6 is 11.3 Å². The molecule has 0 amide bonds. The highest BCUT2D eigenvalue weighted by atomic mass is 32.1. The van der Waals surface area contributed by atoms with Gasteiger partial charge in [0.05, 0.1) is 19.0 Å². The number of carbonyl (C=O) groups excluding carboxylic acids is 1. The lowest BCUT2D eigenvalue weighted by Crippen LogP contribution is -2.01. The number of ether oxygens (including phenoxy) is 1. The van der Waals surface area contributed by atoms with Crippen molar-refractivity contribution < 1.29 is 9.53 Å². The van der Waals surface area contributed by atoms with E-state index in [9.17, 15) is 4.79 Å². The monoisotopic (exact) mass is 342 g/mol. The van der Waals surface area contributed by atoms with Crippen LogP contribution in [0.4, 0.5) is 5.13 Å². The van der Waals surface area contributed by atoms with E-state index in [1.807, 2.05) is 32.3 Å². The minimum atomic E-state index is -0.365. The molecule has 0 aliphatic carbocycles. The van der Waals surface area contributed by atoms with Gasteiger partial charge in [-0.15, -0.1) is 0 Å². The maximum atomic E-state index is 11.7. The summed E-state index contributed by atoms with van der Waals surface area (Å²) in [5.41, 5.74) is 5.78. The van der Waals surface area contributed by atoms with Gasteiger partial charge in [-0.3, -0.25) is 5.43 Å². The van der Waals surface area contributed by atoms with Crippen LogP contribution < -0.4 is 5.43 Å². The van der Waals surface area contributed by atoms with E-state index in [-0.39, 0.29) is 5.97 Å². The van der Waals surface area contributed by atoms with Crippen molar-refractivity contribution in [2.75, 3.05) is 12.5 Å². The number of hydrogen-bond donors (Lipinski definition) is 1. The quantitative estimate of drug-likeness (QED) is 0.438. The number of benzene rings is 1. The predicted molar refractivity (Wildman–Crippen MR) is 97.0 cm³/mol. The van der Waals surface area contributed by atoms with Gasteiger partial charge in [-0.05, 0) is 12.5 Å². The number of esters is 1. The second kappa shape index (κ2) is 6.84. The lowest BCUT2D eigenvalue weighted by atomic mass is 10.2. The average Bonchev–Trinajstić information content (AvgIpc) is 3.16. The van der Waals surface area contributed by atoms with E-state index >= 15 is 0 Å². The molecule has 0 saturated carbocycles. The molecule has 0 bridgehead atoms. The number of hydrogen-bond acceptors (Lipinski definition) is 6. The maximum Gasteiger partial charge on any atom is 0.350 e. The summed E-state index contributed by atoms with van der Waals surface area (Å²) in [5, 5.41) is 5.96. The summed E-state index contributed by atoms with van der Waals surface area (Å²) < 4.78 is 6.84. The lowest BCUT2D eigenvalue weighted by Gasteiger charge is -1.95. The topological polar surface area (TPSA) is 68.5 Å². The van der Waals surface area contributed by atoms with Crippen molar-refractivity contribution in [2.45, 2.75) is 13.3 Å². The number of aromatic nitrogens is 2. The Kier molecular flexibility index (Phi) is 4.61. The van der Waals surface area contributed by atoms with Crippen LogP contribution in [0.15, 0.2) is 35.6 Å². The van der Waals surface area contributed by atoms with Crippen molar-refractivity contribution in [2.24, 2.45) is 12.1 Å². The summed E-state index contributed by atoms with van der Waals surface area (Å²) in [4.78, 5) is 16.6. The Morgan fingerprint density at radius 3 is 3.00 bits per heavy atom. The Morgan fingerprint density at radius 1 is 1.46 bits per heavy atom. The van der Waals surface area contributed by atoms with Gasteiger partial charge in [0.15, 0.2) is 0 Å². The van der Waals surface area contributed by atoms with E-state index in [2.05, 4.69) is 32.2 Å². The Bertz CT molecular complexity index is 911. The summed E-state index contributed by atoms with van der Waals surface area (Å²) in [5.74, 6) is -0.365. The second-order valence-electron chi connectivity index (χ2n) is 5.22. The highest BCUT2D eigenvalue weighted by molar-refractivity contribution is 7.17. The third-order valence-electron chi connectivity index (χ3n) is 3.69. The zero-order chi connectivity index (χ0) is 17.1. The van der Waals surface area contributed by atoms with Crippen LogP contribution in [0.5, 0.6) is 0 Å². The maximum absolute atomic E-state index is 11.7. The first-order valence-corrected chi connectivity index (χ1v) is 8.36. The molecule has 7 heteroatoms. The summed E-state index contributed by atoms with van der Waals surface area (Å²) >= 11 is 1.25. The van der Waals surface area contributed by atoms with E-state index in [0.29, 0.717) is 16.4 Å². The Morgan fingerprint density at radius 2 is 2.25 bits per heavy atom. The number of methoxy groups -OCH3 is 1. The van der Waals surface area contributed by atoms with Crippen molar-refractivity contribution >= 4 is 39.6 Å². The molecule has 1 aromatic carbocycles. The minimum Gasteiger partial charge on any atom is -0.465 e. The molecule has 124 valence electrons. The van der Waals surface area contributed by atoms with Crippen molar-refractivity contribution in [1.82, 2.24) is 9.55 Å². The molecule has 3 aromatic rings. The molecule has 0 spiro atoms. The highest BCUT2D eigenvalue weighted by Gasteiger charge is 2.17. The molecular formula is C17H18N4O2S. The van der Waals surface area contributed by atoms with E-state index in [0.717, 1.165) is 22.2 Å². The number of fused-ring (bicyclic) bond motifs is 1. The predicted octanol–water partition coefficient (Wildman–Crippen LogP) is 3.43. The lowest BCUT2D eigenvalue weighted by molar-refractivity contribution is 0.0605. The normalized spacial score (nSPS) is 11.3. The molecule has 0 fully saturated rings. The van der Waals surface area contributed by atoms with Crippen molar-refractivity contribution in [3.05, 3.63) is 46.6 Å². The van der Waals surface area contributed by atoms with Gasteiger partial charge < -0.3 is 9.30 Å². The van der Waals surface area contributed by atoms with Crippen molar-refractivity contribution in [3.8, 4) is 0 Å². The Hall–Kier alpha value is -2.67. The van der Waals surface area contributed by atoms with Gasteiger partial charge in [0.1, 0.15) is 4.88 Å². The van der Waals surface area contributed by atoms with Crippen molar-refractivity contribution in [1.29, 1.82) is 0 Å². The first kappa shape index (κ1) is 16.2. The standard InChI is InChI=1S/C17H18N4O2S/c1-4-13-15(16(22)23-3)24-17(19-13)20-18-9-11-10-21(2)14-8-6-5-7-12(11)14/h5-10H,4H2,1-3H3,(H,19,20)/b18-9-. The fourth-order valence-corrected chi connectivity index (χ4v) is 3.45. The van der Waals surface area contributed by atoms with Crippen LogP contribution in [-0.4, -0.2) is 28.8 Å².